The molecule has 0 saturated carbocycles. The lowest BCUT2D eigenvalue weighted by molar-refractivity contribution is -0.384. The third-order valence-electron chi connectivity index (χ3n) is 4.92. The van der Waals surface area contributed by atoms with E-state index in [2.05, 4.69) is 5.32 Å². The Morgan fingerprint density at radius 1 is 1.25 bits per heavy atom. The number of benzene rings is 1. The van der Waals surface area contributed by atoms with E-state index in [9.17, 15) is 14.9 Å². The predicted octanol–water partition coefficient (Wildman–Crippen LogP) is 2.71. The summed E-state index contributed by atoms with van der Waals surface area (Å²) in [7, 11) is 0. The SMILES string of the molecule is Cl.O=C(CSc1ccc([N+](=O)[O-])cc1)N1CCC2(CCNC2)CC1. The van der Waals surface area contributed by atoms with Gasteiger partial charge in [0.05, 0.1) is 10.7 Å². The van der Waals surface area contributed by atoms with E-state index in [1.165, 1.54) is 30.3 Å². The Balaban J connectivity index is 0.00000208. The molecular formula is C16H22ClN3O3S. The van der Waals surface area contributed by atoms with Crippen LogP contribution in [-0.4, -0.2) is 47.7 Å². The number of nitro benzene ring substituents is 1. The molecule has 132 valence electrons. The molecule has 0 unspecified atom stereocenters. The largest absolute Gasteiger partial charge is 0.342 e. The zero-order chi connectivity index (χ0) is 16.3. The molecule has 0 aromatic heterocycles. The van der Waals surface area contributed by atoms with Crippen LogP contribution < -0.4 is 5.32 Å². The van der Waals surface area contributed by atoms with Crippen molar-refractivity contribution in [3.8, 4) is 0 Å². The van der Waals surface area contributed by atoms with Gasteiger partial charge in [-0.05, 0) is 43.4 Å². The maximum atomic E-state index is 12.3. The van der Waals surface area contributed by atoms with Crippen molar-refractivity contribution in [2.75, 3.05) is 31.9 Å². The molecular weight excluding hydrogens is 350 g/mol. The summed E-state index contributed by atoms with van der Waals surface area (Å²) in [5, 5.41) is 14.1. The number of carbonyl (C=O) groups is 1. The number of thioether (sulfide) groups is 1. The van der Waals surface area contributed by atoms with Gasteiger partial charge in [0.2, 0.25) is 5.91 Å². The number of hydrogen-bond donors (Lipinski definition) is 1. The van der Waals surface area contributed by atoms with Crippen molar-refractivity contribution >= 4 is 35.8 Å². The zero-order valence-electron chi connectivity index (χ0n) is 13.4. The molecule has 0 aliphatic carbocycles. The smallest absolute Gasteiger partial charge is 0.269 e. The Morgan fingerprint density at radius 2 is 1.92 bits per heavy atom. The molecule has 2 aliphatic rings. The molecule has 3 rings (SSSR count). The van der Waals surface area contributed by atoms with E-state index < -0.39 is 4.92 Å². The van der Waals surface area contributed by atoms with Crippen molar-refractivity contribution in [1.82, 2.24) is 10.2 Å². The van der Waals surface area contributed by atoms with Gasteiger partial charge in [-0.25, -0.2) is 0 Å². The third kappa shape index (κ3) is 4.40. The highest BCUT2D eigenvalue weighted by Crippen LogP contribution is 2.37. The van der Waals surface area contributed by atoms with Crippen LogP contribution in [0.2, 0.25) is 0 Å². The van der Waals surface area contributed by atoms with Crippen LogP contribution in [0.5, 0.6) is 0 Å². The molecule has 1 aromatic rings. The minimum absolute atomic E-state index is 0. The highest BCUT2D eigenvalue weighted by atomic mass is 35.5. The van der Waals surface area contributed by atoms with Gasteiger partial charge in [0.1, 0.15) is 0 Å². The van der Waals surface area contributed by atoms with Gasteiger partial charge in [0.25, 0.3) is 5.69 Å². The average molecular weight is 372 g/mol. The summed E-state index contributed by atoms with van der Waals surface area (Å²) < 4.78 is 0. The summed E-state index contributed by atoms with van der Waals surface area (Å²) in [6.07, 6.45) is 3.41. The standard InChI is InChI=1S/C16H21N3O3S.ClH/c20-15(11-23-14-3-1-13(2-4-14)19(21)22)18-9-6-16(7-10-18)5-8-17-12-16;/h1-4,17H,5-12H2;1H. The summed E-state index contributed by atoms with van der Waals surface area (Å²) in [6.45, 7) is 3.89. The van der Waals surface area contributed by atoms with Gasteiger partial charge in [0.15, 0.2) is 0 Å². The Morgan fingerprint density at radius 3 is 2.46 bits per heavy atom. The second-order valence-corrected chi connectivity index (χ2v) is 7.40. The van der Waals surface area contributed by atoms with Crippen LogP contribution >= 0.6 is 24.2 Å². The number of nitrogens with one attached hydrogen (secondary N) is 1. The van der Waals surface area contributed by atoms with Crippen molar-refractivity contribution < 1.29 is 9.72 Å². The molecule has 0 bridgehead atoms. The molecule has 8 heteroatoms. The molecule has 6 nitrogen and oxygen atoms in total. The molecule has 2 saturated heterocycles. The Hall–Kier alpha value is -1.31. The number of carbonyl (C=O) groups excluding carboxylic acids is 1. The lowest BCUT2D eigenvalue weighted by atomic mass is 9.78. The molecule has 24 heavy (non-hydrogen) atoms. The van der Waals surface area contributed by atoms with Crippen molar-refractivity contribution in [1.29, 1.82) is 0 Å². The van der Waals surface area contributed by atoms with Crippen LogP contribution in [0.25, 0.3) is 0 Å². The number of piperidine rings is 1. The first-order valence-electron chi connectivity index (χ1n) is 7.94. The van der Waals surface area contributed by atoms with E-state index in [4.69, 9.17) is 0 Å². The molecule has 0 radical (unpaired) electrons. The lowest BCUT2D eigenvalue weighted by Crippen LogP contribution is -2.44. The van der Waals surface area contributed by atoms with Crippen LogP contribution in [0.3, 0.4) is 0 Å². The molecule has 1 spiro atoms. The van der Waals surface area contributed by atoms with Crippen LogP contribution in [-0.2, 0) is 4.79 Å². The maximum absolute atomic E-state index is 12.3. The normalized spacial score (nSPS) is 19.1. The molecule has 2 aliphatic heterocycles. The first-order valence-corrected chi connectivity index (χ1v) is 8.92. The second-order valence-electron chi connectivity index (χ2n) is 6.35. The minimum Gasteiger partial charge on any atom is -0.342 e. The second kappa shape index (κ2) is 8.18. The van der Waals surface area contributed by atoms with E-state index in [-0.39, 0.29) is 24.0 Å². The first kappa shape index (κ1) is 19.0. The van der Waals surface area contributed by atoms with E-state index >= 15 is 0 Å². The number of non-ortho nitro benzene ring substituents is 1. The Labute approximate surface area is 151 Å². The predicted molar refractivity (Wildman–Crippen MR) is 96.8 cm³/mol. The first-order chi connectivity index (χ1) is 11.1. The van der Waals surface area contributed by atoms with Crippen LogP contribution in [0.4, 0.5) is 5.69 Å². The third-order valence-corrected chi connectivity index (χ3v) is 5.92. The van der Waals surface area contributed by atoms with Crippen molar-refractivity contribution in [2.45, 2.75) is 24.2 Å². The van der Waals surface area contributed by atoms with E-state index in [0.29, 0.717) is 11.2 Å². The van der Waals surface area contributed by atoms with Gasteiger partial charge in [0, 0.05) is 36.7 Å². The summed E-state index contributed by atoms with van der Waals surface area (Å²) in [6, 6.07) is 6.35. The number of amides is 1. The van der Waals surface area contributed by atoms with Crippen LogP contribution in [0.1, 0.15) is 19.3 Å². The molecule has 2 heterocycles. The number of nitro groups is 1. The zero-order valence-corrected chi connectivity index (χ0v) is 15.0. The van der Waals surface area contributed by atoms with E-state index in [1.54, 1.807) is 12.1 Å². The molecule has 1 aromatic carbocycles. The highest BCUT2D eigenvalue weighted by molar-refractivity contribution is 8.00. The maximum Gasteiger partial charge on any atom is 0.269 e. The molecule has 1 N–H and O–H groups in total. The van der Waals surface area contributed by atoms with Gasteiger partial charge in [-0.3, -0.25) is 14.9 Å². The summed E-state index contributed by atoms with van der Waals surface area (Å²) in [5.74, 6) is 0.553. The quantitative estimate of drug-likeness (QED) is 0.500. The fraction of sp³-hybridized carbons (Fsp3) is 0.562. The monoisotopic (exact) mass is 371 g/mol. The Kier molecular flexibility index (Phi) is 6.48. The molecule has 2 fully saturated rings. The van der Waals surface area contributed by atoms with Gasteiger partial charge in [-0.1, -0.05) is 0 Å². The van der Waals surface area contributed by atoms with Crippen LogP contribution in [0, 0.1) is 15.5 Å². The fourth-order valence-corrected chi connectivity index (χ4v) is 4.15. The van der Waals surface area contributed by atoms with Gasteiger partial charge in [-0.2, -0.15) is 0 Å². The van der Waals surface area contributed by atoms with E-state index in [1.807, 2.05) is 4.90 Å². The number of likely N-dealkylation sites (tertiary alicyclic amines) is 1. The molecule has 1 amide bonds. The Bertz CT molecular complexity index is 581. The topological polar surface area (TPSA) is 75.5 Å². The lowest BCUT2D eigenvalue weighted by Gasteiger charge is -2.38. The van der Waals surface area contributed by atoms with Crippen molar-refractivity contribution in [2.24, 2.45) is 5.41 Å². The van der Waals surface area contributed by atoms with Crippen LogP contribution in [0.15, 0.2) is 29.2 Å². The fourth-order valence-electron chi connectivity index (χ4n) is 3.35. The highest BCUT2D eigenvalue weighted by Gasteiger charge is 2.37. The number of nitrogens with zero attached hydrogens (tertiary/aromatic N) is 2. The molecule has 0 atom stereocenters. The minimum atomic E-state index is -0.416. The number of rotatable bonds is 4. The number of hydrogen-bond acceptors (Lipinski definition) is 5. The summed E-state index contributed by atoms with van der Waals surface area (Å²) in [5.41, 5.74) is 0.495. The van der Waals surface area contributed by atoms with Gasteiger partial charge in [-0.15, -0.1) is 24.2 Å². The number of halogens is 1. The van der Waals surface area contributed by atoms with Crippen molar-refractivity contribution in [3.05, 3.63) is 34.4 Å². The van der Waals surface area contributed by atoms with Gasteiger partial charge < -0.3 is 10.2 Å². The van der Waals surface area contributed by atoms with Gasteiger partial charge >= 0.3 is 0 Å². The summed E-state index contributed by atoms with van der Waals surface area (Å²) >= 11 is 1.44. The summed E-state index contributed by atoms with van der Waals surface area (Å²) in [4.78, 5) is 25.4. The van der Waals surface area contributed by atoms with E-state index in [0.717, 1.165) is 43.9 Å². The van der Waals surface area contributed by atoms with Crippen molar-refractivity contribution in [3.63, 3.8) is 0 Å². The average Bonchev–Trinajstić information content (AvgIpc) is 3.02.